The Hall–Kier alpha value is -2.50. The molecule has 20 heavy (non-hydrogen) atoms. The van der Waals surface area contributed by atoms with Crippen molar-refractivity contribution in [1.82, 2.24) is 9.55 Å². The van der Waals surface area contributed by atoms with Crippen molar-refractivity contribution in [2.24, 2.45) is 0 Å². The first kappa shape index (κ1) is 12.5. The van der Waals surface area contributed by atoms with Crippen LogP contribution in [0.1, 0.15) is 5.56 Å². The highest BCUT2D eigenvalue weighted by molar-refractivity contribution is 5.81. The van der Waals surface area contributed by atoms with E-state index in [9.17, 15) is 18.0 Å². The normalized spacial score (nSPS) is 11.9. The Bertz CT molecular complexity index is 816. The number of para-hydroxylation sites is 2. The van der Waals surface area contributed by atoms with E-state index in [1.54, 1.807) is 30.3 Å². The van der Waals surface area contributed by atoms with Crippen molar-refractivity contribution < 1.29 is 13.2 Å². The van der Waals surface area contributed by atoms with E-state index in [-0.39, 0.29) is 11.0 Å². The lowest BCUT2D eigenvalue weighted by Crippen LogP contribution is -2.14. The SMILES string of the molecule is O=c1[nH]c2c(C(F)(F)F)cccc2n1-c1ccccc1. The maximum absolute atomic E-state index is 12.9. The van der Waals surface area contributed by atoms with E-state index in [2.05, 4.69) is 4.98 Å². The van der Waals surface area contributed by atoms with Gasteiger partial charge in [-0.25, -0.2) is 4.79 Å². The first-order valence-electron chi connectivity index (χ1n) is 5.85. The lowest BCUT2D eigenvalue weighted by atomic mass is 10.1. The largest absolute Gasteiger partial charge is 0.418 e. The summed E-state index contributed by atoms with van der Waals surface area (Å²) in [6.07, 6.45) is -4.51. The average molecular weight is 278 g/mol. The highest BCUT2D eigenvalue weighted by Gasteiger charge is 2.33. The van der Waals surface area contributed by atoms with Crippen LogP contribution in [0, 0.1) is 0 Å². The van der Waals surface area contributed by atoms with Gasteiger partial charge in [0.05, 0.1) is 22.3 Å². The van der Waals surface area contributed by atoms with Crippen LogP contribution in [0.4, 0.5) is 13.2 Å². The third kappa shape index (κ3) is 1.89. The number of hydrogen-bond acceptors (Lipinski definition) is 1. The van der Waals surface area contributed by atoms with E-state index >= 15 is 0 Å². The summed E-state index contributed by atoms with van der Waals surface area (Å²) < 4.78 is 40.0. The molecule has 0 radical (unpaired) electrons. The van der Waals surface area contributed by atoms with Crippen LogP contribution in [0.2, 0.25) is 0 Å². The smallest absolute Gasteiger partial charge is 0.305 e. The van der Waals surface area contributed by atoms with E-state index in [1.807, 2.05) is 0 Å². The fourth-order valence-corrected chi connectivity index (χ4v) is 2.20. The van der Waals surface area contributed by atoms with Crippen molar-refractivity contribution in [2.75, 3.05) is 0 Å². The van der Waals surface area contributed by atoms with Crippen LogP contribution in [0.25, 0.3) is 16.7 Å². The number of aromatic amines is 1. The van der Waals surface area contributed by atoms with E-state index in [0.29, 0.717) is 5.69 Å². The molecule has 1 aromatic heterocycles. The number of nitrogens with zero attached hydrogens (tertiary/aromatic N) is 1. The van der Waals surface area contributed by atoms with E-state index in [1.165, 1.54) is 16.7 Å². The van der Waals surface area contributed by atoms with Crippen LogP contribution in [-0.2, 0) is 6.18 Å². The molecule has 0 fully saturated rings. The van der Waals surface area contributed by atoms with Gasteiger partial charge >= 0.3 is 11.9 Å². The molecular weight excluding hydrogens is 269 g/mol. The summed E-state index contributed by atoms with van der Waals surface area (Å²) in [6, 6.07) is 12.2. The highest BCUT2D eigenvalue weighted by atomic mass is 19.4. The third-order valence-corrected chi connectivity index (χ3v) is 3.04. The second-order valence-corrected chi connectivity index (χ2v) is 4.30. The molecule has 0 aliphatic heterocycles. The van der Waals surface area contributed by atoms with Crippen molar-refractivity contribution in [3.05, 3.63) is 64.6 Å². The Morgan fingerprint density at radius 2 is 1.65 bits per heavy atom. The zero-order chi connectivity index (χ0) is 14.3. The first-order chi connectivity index (χ1) is 9.48. The first-order valence-corrected chi connectivity index (χ1v) is 5.85. The van der Waals surface area contributed by atoms with E-state index in [0.717, 1.165) is 6.07 Å². The lowest BCUT2D eigenvalue weighted by Gasteiger charge is -2.08. The monoisotopic (exact) mass is 278 g/mol. The number of imidazole rings is 1. The number of aromatic nitrogens is 2. The van der Waals surface area contributed by atoms with Crippen molar-refractivity contribution in [3.63, 3.8) is 0 Å². The molecule has 0 saturated carbocycles. The topological polar surface area (TPSA) is 37.8 Å². The van der Waals surface area contributed by atoms with Gasteiger partial charge in [-0.3, -0.25) is 4.57 Å². The molecule has 0 spiro atoms. The Morgan fingerprint density at radius 1 is 0.950 bits per heavy atom. The van der Waals surface area contributed by atoms with Crippen LogP contribution in [0.15, 0.2) is 53.3 Å². The van der Waals surface area contributed by atoms with Crippen LogP contribution in [-0.4, -0.2) is 9.55 Å². The zero-order valence-electron chi connectivity index (χ0n) is 10.1. The number of nitrogens with one attached hydrogen (secondary N) is 1. The summed E-state index contributed by atoms with van der Waals surface area (Å²) >= 11 is 0. The molecule has 3 nitrogen and oxygen atoms in total. The van der Waals surface area contributed by atoms with Crippen molar-refractivity contribution in [2.45, 2.75) is 6.18 Å². The molecule has 3 aromatic rings. The maximum Gasteiger partial charge on any atom is 0.418 e. The van der Waals surface area contributed by atoms with Gasteiger partial charge in [0.2, 0.25) is 0 Å². The van der Waals surface area contributed by atoms with Gasteiger partial charge in [-0.1, -0.05) is 24.3 Å². The fraction of sp³-hybridized carbons (Fsp3) is 0.0714. The number of rotatable bonds is 1. The Labute approximate surface area is 111 Å². The van der Waals surface area contributed by atoms with E-state index in [4.69, 9.17) is 0 Å². The average Bonchev–Trinajstić information content (AvgIpc) is 2.74. The lowest BCUT2D eigenvalue weighted by molar-refractivity contribution is -0.136. The minimum atomic E-state index is -4.51. The minimum absolute atomic E-state index is 0.200. The predicted molar refractivity (Wildman–Crippen MR) is 68.9 cm³/mol. The number of fused-ring (bicyclic) bond motifs is 1. The van der Waals surface area contributed by atoms with Crippen molar-refractivity contribution in [1.29, 1.82) is 0 Å². The van der Waals surface area contributed by atoms with Crippen LogP contribution in [0.5, 0.6) is 0 Å². The Morgan fingerprint density at radius 3 is 2.30 bits per heavy atom. The molecule has 0 amide bonds. The summed E-state index contributed by atoms with van der Waals surface area (Å²) in [7, 11) is 0. The molecule has 0 bridgehead atoms. The number of benzene rings is 2. The molecule has 0 aliphatic rings. The van der Waals surface area contributed by atoms with Gasteiger partial charge in [0.15, 0.2) is 0 Å². The van der Waals surface area contributed by atoms with Crippen molar-refractivity contribution >= 4 is 11.0 Å². The van der Waals surface area contributed by atoms with Crippen LogP contribution >= 0.6 is 0 Å². The fourth-order valence-electron chi connectivity index (χ4n) is 2.20. The number of hydrogen-bond donors (Lipinski definition) is 1. The predicted octanol–water partition coefficient (Wildman–Crippen LogP) is 3.34. The van der Waals surface area contributed by atoms with E-state index < -0.39 is 17.4 Å². The van der Waals surface area contributed by atoms with Gasteiger partial charge in [-0.05, 0) is 24.3 Å². The van der Waals surface area contributed by atoms with Gasteiger partial charge in [-0.2, -0.15) is 13.2 Å². The number of halogens is 3. The minimum Gasteiger partial charge on any atom is -0.305 e. The van der Waals surface area contributed by atoms with Gasteiger partial charge in [0.1, 0.15) is 0 Å². The summed E-state index contributed by atoms with van der Waals surface area (Å²) in [5.41, 5.74) is -0.919. The second kappa shape index (κ2) is 4.26. The molecule has 0 aliphatic carbocycles. The molecule has 1 N–H and O–H groups in total. The molecule has 0 saturated heterocycles. The van der Waals surface area contributed by atoms with Crippen molar-refractivity contribution in [3.8, 4) is 5.69 Å². The third-order valence-electron chi connectivity index (χ3n) is 3.04. The molecule has 1 heterocycles. The molecule has 6 heteroatoms. The number of alkyl halides is 3. The highest BCUT2D eigenvalue weighted by Crippen LogP contribution is 2.33. The Kier molecular flexibility index (Phi) is 2.67. The maximum atomic E-state index is 12.9. The van der Waals surface area contributed by atoms with Crippen LogP contribution in [0.3, 0.4) is 0 Å². The summed E-state index contributed by atoms with van der Waals surface area (Å²) in [6.45, 7) is 0. The summed E-state index contributed by atoms with van der Waals surface area (Å²) in [5, 5.41) is 0. The number of H-pyrrole nitrogens is 1. The quantitative estimate of drug-likeness (QED) is 0.728. The molecule has 0 atom stereocenters. The van der Waals surface area contributed by atoms with Gasteiger partial charge in [-0.15, -0.1) is 0 Å². The Balaban J connectivity index is 2.37. The molecule has 2 aromatic carbocycles. The molecule has 0 unspecified atom stereocenters. The molecular formula is C14H9F3N2O. The van der Waals surface area contributed by atoms with Gasteiger partial charge in [0, 0.05) is 0 Å². The summed E-state index contributed by atoms with van der Waals surface area (Å²) in [5.74, 6) is 0. The molecule has 102 valence electrons. The zero-order valence-corrected chi connectivity index (χ0v) is 10.1. The second-order valence-electron chi connectivity index (χ2n) is 4.30. The standard InChI is InChI=1S/C14H9F3N2O/c15-14(16,17)10-7-4-8-11-12(10)18-13(20)19(11)9-5-2-1-3-6-9/h1-8H,(H,18,20). The summed E-state index contributed by atoms with van der Waals surface area (Å²) in [4.78, 5) is 14.2. The molecule has 3 rings (SSSR count). The van der Waals surface area contributed by atoms with Crippen LogP contribution < -0.4 is 5.69 Å². The van der Waals surface area contributed by atoms with Gasteiger partial charge < -0.3 is 4.98 Å². The van der Waals surface area contributed by atoms with Gasteiger partial charge in [0.25, 0.3) is 0 Å².